The van der Waals surface area contributed by atoms with E-state index in [9.17, 15) is 22.8 Å². The minimum absolute atomic E-state index is 0.0353. The van der Waals surface area contributed by atoms with Crippen LogP contribution in [0.3, 0.4) is 0 Å². The molecule has 0 aromatic heterocycles. The Morgan fingerprint density at radius 1 is 1.14 bits per heavy atom. The minimum Gasteiger partial charge on any atom is -0.465 e. The Kier molecular flexibility index (Phi) is 6.39. The lowest BCUT2D eigenvalue weighted by atomic mass is 10.1. The number of unbranched alkanes of at least 4 members (excludes halogenated alkanes) is 1. The van der Waals surface area contributed by atoms with E-state index in [4.69, 9.17) is 0 Å². The van der Waals surface area contributed by atoms with Crippen molar-refractivity contribution in [3.05, 3.63) is 35.4 Å². The van der Waals surface area contributed by atoms with Crippen molar-refractivity contribution < 1.29 is 27.5 Å². The van der Waals surface area contributed by atoms with Gasteiger partial charge in [0.15, 0.2) is 0 Å². The molecule has 7 heteroatoms. The number of rotatable bonds is 6. The van der Waals surface area contributed by atoms with Gasteiger partial charge in [0, 0.05) is 12.1 Å². The van der Waals surface area contributed by atoms with Gasteiger partial charge in [-0.05, 0) is 30.7 Å². The summed E-state index contributed by atoms with van der Waals surface area (Å²) in [5.41, 5.74) is 0.336. The zero-order valence-electron chi connectivity index (χ0n) is 12.4. The first-order valence-electron chi connectivity index (χ1n) is 6.83. The van der Waals surface area contributed by atoms with Crippen LogP contribution >= 0.6 is 0 Å². The third kappa shape index (κ3) is 5.38. The van der Waals surface area contributed by atoms with Crippen LogP contribution in [0.4, 0.5) is 13.2 Å². The summed E-state index contributed by atoms with van der Waals surface area (Å²) in [6.07, 6.45) is -3.28. The number of ether oxygens (including phenoxy) is 1. The smallest absolute Gasteiger partial charge is 0.406 e. The fraction of sp³-hybridized carbons (Fsp3) is 0.467. The van der Waals surface area contributed by atoms with E-state index in [1.165, 1.54) is 31.4 Å². The fourth-order valence-corrected chi connectivity index (χ4v) is 1.87. The maximum absolute atomic E-state index is 12.6. The van der Waals surface area contributed by atoms with Crippen molar-refractivity contribution in [2.75, 3.05) is 20.2 Å². The minimum atomic E-state index is -4.45. The maximum atomic E-state index is 12.6. The molecule has 0 radical (unpaired) electrons. The molecule has 0 bridgehead atoms. The highest BCUT2D eigenvalue weighted by atomic mass is 19.4. The summed E-state index contributed by atoms with van der Waals surface area (Å²) in [5.74, 6) is -1.28. The Hall–Kier alpha value is -2.05. The Labute approximate surface area is 126 Å². The average Bonchev–Trinajstić information content (AvgIpc) is 2.49. The van der Waals surface area contributed by atoms with E-state index in [1.54, 1.807) is 0 Å². The fourth-order valence-electron chi connectivity index (χ4n) is 1.87. The molecule has 1 rings (SSSR count). The van der Waals surface area contributed by atoms with Gasteiger partial charge in [0.05, 0.1) is 12.7 Å². The lowest BCUT2D eigenvalue weighted by Crippen LogP contribution is -2.39. The summed E-state index contributed by atoms with van der Waals surface area (Å²) >= 11 is 0. The van der Waals surface area contributed by atoms with Crippen LogP contribution in [0.1, 0.15) is 40.5 Å². The number of esters is 1. The van der Waals surface area contributed by atoms with Crippen molar-refractivity contribution in [2.45, 2.75) is 25.9 Å². The van der Waals surface area contributed by atoms with E-state index < -0.39 is 24.6 Å². The molecule has 0 atom stereocenters. The van der Waals surface area contributed by atoms with Crippen LogP contribution in [-0.2, 0) is 4.74 Å². The zero-order valence-corrected chi connectivity index (χ0v) is 12.4. The lowest BCUT2D eigenvalue weighted by Gasteiger charge is -2.24. The highest BCUT2D eigenvalue weighted by molar-refractivity contribution is 5.96. The second-order valence-corrected chi connectivity index (χ2v) is 4.76. The Bertz CT molecular complexity index is 512. The summed E-state index contributed by atoms with van der Waals surface area (Å²) in [6.45, 7) is 0.583. The molecule has 22 heavy (non-hydrogen) atoms. The third-order valence-electron chi connectivity index (χ3n) is 2.99. The third-order valence-corrected chi connectivity index (χ3v) is 2.99. The van der Waals surface area contributed by atoms with Gasteiger partial charge < -0.3 is 9.64 Å². The molecular formula is C15H18F3NO3. The number of halogens is 3. The summed E-state index contributed by atoms with van der Waals surface area (Å²) in [6, 6.07) is 5.35. The van der Waals surface area contributed by atoms with E-state index in [0.29, 0.717) is 12.8 Å². The van der Waals surface area contributed by atoms with Gasteiger partial charge in [-0.2, -0.15) is 13.2 Å². The number of benzene rings is 1. The van der Waals surface area contributed by atoms with Gasteiger partial charge in [0.1, 0.15) is 6.54 Å². The van der Waals surface area contributed by atoms with E-state index in [-0.39, 0.29) is 17.7 Å². The van der Waals surface area contributed by atoms with Crippen LogP contribution in [0.15, 0.2) is 24.3 Å². The number of alkyl halides is 3. The van der Waals surface area contributed by atoms with Gasteiger partial charge in [0.2, 0.25) is 0 Å². The summed E-state index contributed by atoms with van der Waals surface area (Å²) < 4.78 is 42.2. The molecule has 1 amide bonds. The molecule has 0 spiro atoms. The normalized spacial score (nSPS) is 11.1. The van der Waals surface area contributed by atoms with E-state index in [0.717, 1.165) is 4.90 Å². The van der Waals surface area contributed by atoms with Crippen molar-refractivity contribution >= 4 is 11.9 Å². The molecule has 1 aromatic rings. The Morgan fingerprint density at radius 3 is 2.14 bits per heavy atom. The number of hydrogen-bond acceptors (Lipinski definition) is 3. The van der Waals surface area contributed by atoms with Crippen LogP contribution in [0, 0.1) is 0 Å². The molecule has 4 nitrogen and oxygen atoms in total. The second kappa shape index (κ2) is 7.82. The molecule has 0 N–H and O–H groups in total. The SMILES string of the molecule is CCCCN(CC(F)(F)F)C(=O)c1ccc(C(=O)OC)cc1. The first kappa shape index (κ1) is 18.0. The van der Waals surface area contributed by atoms with Crippen LogP contribution in [0.2, 0.25) is 0 Å². The van der Waals surface area contributed by atoms with Crippen molar-refractivity contribution in [3.63, 3.8) is 0 Å². The maximum Gasteiger partial charge on any atom is 0.406 e. The first-order chi connectivity index (χ1) is 10.3. The zero-order chi connectivity index (χ0) is 16.8. The topological polar surface area (TPSA) is 46.6 Å². The number of hydrogen-bond donors (Lipinski definition) is 0. The Morgan fingerprint density at radius 2 is 1.68 bits per heavy atom. The van der Waals surface area contributed by atoms with E-state index >= 15 is 0 Å². The Balaban J connectivity index is 2.90. The van der Waals surface area contributed by atoms with Crippen molar-refractivity contribution in [1.29, 1.82) is 0 Å². The van der Waals surface area contributed by atoms with E-state index in [2.05, 4.69) is 4.74 Å². The van der Waals surface area contributed by atoms with Crippen LogP contribution in [0.25, 0.3) is 0 Å². The van der Waals surface area contributed by atoms with Gasteiger partial charge in [-0.25, -0.2) is 4.79 Å². The number of carbonyl (C=O) groups excluding carboxylic acids is 2. The van der Waals surface area contributed by atoms with E-state index in [1.807, 2.05) is 6.92 Å². The van der Waals surface area contributed by atoms with Crippen molar-refractivity contribution in [2.24, 2.45) is 0 Å². The molecule has 0 aliphatic heterocycles. The monoisotopic (exact) mass is 317 g/mol. The summed E-state index contributed by atoms with van der Waals surface area (Å²) in [4.78, 5) is 24.3. The standard InChI is InChI=1S/C15H18F3NO3/c1-3-4-9-19(10-15(16,17)18)13(20)11-5-7-12(8-6-11)14(21)22-2/h5-8H,3-4,9-10H2,1-2H3. The largest absolute Gasteiger partial charge is 0.465 e. The number of methoxy groups -OCH3 is 1. The van der Waals surface area contributed by atoms with Gasteiger partial charge in [0.25, 0.3) is 5.91 Å². The summed E-state index contributed by atoms with van der Waals surface area (Å²) in [7, 11) is 1.22. The number of amides is 1. The van der Waals surface area contributed by atoms with Gasteiger partial charge in [-0.3, -0.25) is 4.79 Å². The van der Waals surface area contributed by atoms with Gasteiger partial charge in [-0.15, -0.1) is 0 Å². The second-order valence-electron chi connectivity index (χ2n) is 4.76. The van der Waals surface area contributed by atoms with Crippen LogP contribution < -0.4 is 0 Å². The predicted molar refractivity (Wildman–Crippen MR) is 74.6 cm³/mol. The van der Waals surface area contributed by atoms with Crippen LogP contribution in [0.5, 0.6) is 0 Å². The van der Waals surface area contributed by atoms with Gasteiger partial charge in [-0.1, -0.05) is 13.3 Å². The molecular weight excluding hydrogens is 299 g/mol. The molecule has 0 saturated heterocycles. The number of nitrogens with zero attached hydrogens (tertiary/aromatic N) is 1. The molecule has 122 valence electrons. The lowest BCUT2D eigenvalue weighted by molar-refractivity contribution is -0.140. The van der Waals surface area contributed by atoms with Gasteiger partial charge >= 0.3 is 12.1 Å². The quantitative estimate of drug-likeness (QED) is 0.757. The summed E-state index contributed by atoms with van der Waals surface area (Å²) in [5, 5.41) is 0. The molecule has 0 saturated carbocycles. The molecule has 0 fully saturated rings. The number of carbonyl (C=O) groups is 2. The molecule has 1 aromatic carbocycles. The first-order valence-corrected chi connectivity index (χ1v) is 6.83. The molecule has 0 unspecified atom stereocenters. The molecule has 0 heterocycles. The van der Waals surface area contributed by atoms with Crippen LogP contribution in [-0.4, -0.2) is 43.2 Å². The predicted octanol–water partition coefficient (Wildman–Crippen LogP) is 3.28. The average molecular weight is 317 g/mol. The highest BCUT2D eigenvalue weighted by Gasteiger charge is 2.33. The molecule has 0 aliphatic rings. The molecule has 0 aliphatic carbocycles. The van der Waals surface area contributed by atoms with Crippen molar-refractivity contribution in [3.8, 4) is 0 Å². The highest BCUT2D eigenvalue weighted by Crippen LogP contribution is 2.19. The van der Waals surface area contributed by atoms with Crippen molar-refractivity contribution in [1.82, 2.24) is 4.90 Å².